The zero-order chi connectivity index (χ0) is 15.1. The third-order valence-electron chi connectivity index (χ3n) is 2.75. The third kappa shape index (κ3) is 5.30. The van der Waals surface area contributed by atoms with E-state index in [4.69, 9.17) is 9.84 Å². The van der Waals surface area contributed by atoms with E-state index in [9.17, 15) is 9.59 Å². The molecule has 6 heteroatoms. The first-order valence-corrected chi connectivity index (χ1v) is 7.03. The first-order valence-electron chi connectivity index (χ1n) is 6.24. The average Bonchev–Trinajstić information content (AvgIpc) is 2.36. The predicted molar refractivity (Wildman–Crippen MR) is 78.9 cm³/mol. The maximum absolute atomic E-state index is 12.1. The smallest absolute Gasteiger partial charge is 0.326 e. The Labute approximate surface area is 126 Å². The van der Waals surface area contributed by atoms with Crippen LogP contribution in [0, 0.1) is 6.92 Å². The van der Waals surface area contributed by atoms with E-state index in [0.29, 0.717) is 25.0 Å². The van der Waals surface area contributed by atoms with E-state index >= 15 is 0 Å². The highest BCUT2D eigenvalue weighted by Crippen LogP contribution is 2.15. The van der Waals surface area contributed by atoms with E-state index in [0.717, 1.165) is 10.0 Å². The maximum Gasteiger partial charge on any atom is 0.326 e. The molecule has 0 saturated heterocycles. The molecule has 0 radical (unpaired) electrons. The van der Waals surface area contributed by atoms with Crippen LogP contribution in [0.2, 0.25) is 0 Å². The van der Waals surface area contributed by atoms with Crippen molar-refractivity contribution in [3.8, 4) is 0 Å². The van der Waals surface area contributed by atoms with E-state index in [-0.39, 0.29) is 5.91 Å². The minimum absolute atomic E-state index is 0.335. The summed E-state index contributed by atoms with van der Waals surface area (Å²) < 4.78 is 5.67. The van der Waals surface area contributed by atoms with Gasteiger partial charge in [-0.15, -0.1) is 0 Å². The minimum atomic E-state index is -1.04. The van der Waals surface area contributed by atoms with Crippen LogP contribution in [0.1, 0.15) is 28.8 Å². The maximum atomic E-state index is 12.1. The molecule has 1 aromatic carbocycles. The van der Waals surface area contributed by atoms with Crippen molar-refractivity contribution < 1.29 is 19.4 Å². The lowest BCUT2D eigenvalue weighted by molar-refractivity contribution is -0.139. The standard InChI is InChI=1S/C14H18BrNO4/c1-9-6-10(8-11(15)7-9)13(17)16-12(14(18)19)4-3-5-20-2/h6-8,12H,3-5H2,1-2H3,(H,16,17)(H,18,19). The molecule has 5 nitrogen and oxygen atoms in total. The van der Waals surface area contributed by atoms with Crippen molar-refractivity contribution >= 4 is 27.8 Å². The number of carbonyl (C=O) groups excluding carboxylic acids is 1. The number of rotatable bonds is 7. The number of nitrogens with one attached hydrogen (secondary N) is 1. The van der Waals surface area contributed by atoms with Crippen LogP contribution in [0.4, 0.5) is 0 Å². The molecular formula is C14H18BrNO4. The molecule has 0 spiro atoms. The van der Waals surface area contributed by atoms with Crippen molar-refractivity contribution in [2.75, 3.05) is 13.7 Å². The van der Waals surface area contributed by atoms with Crippen molar-refractivity contribution in [2.24, 2.45) is 0 Å². The van der Waals surface area contributed by atoms with Crippen molar-refractivity contribution in [3.63, 3.8) is 0 Å². The van der Waals surface area contributed by atoms with Gasteiger partial charge < -0.3 is 15.2 Å². The van der Waals surface area contributed by atoms with E-state index in [1.54, 1.807) is 19.2 Å². The van der Waals surface area contributed by atoms with Gasteiger partial charge in [-0.25, -0.2) is 4.79 Å². The van der Waals surface area contributed by atoms with Gasteiger partial charge in [-0.05, 0) is 43.5 Å². The Kier molecular flexibility index (Phi) is 6.67. The normalized spacial score (nSPS) is 11.9. The van der Waals surface area contributed by atoms with Crippen LogP contribution in [0.3, 0.4) is 0 Å². The molecule has 0 fully saturated rings. The molecule has 0 aliphatic carbocycles. The molecule has 0 aliphatic heterocycles. The lowest BCUT2D eigenvalue weighted by Gasteiger charge is -2.14. The second-order valence-electron chi connectivity index (χ2n) is 4.52. The number of halogens is 1. The summed E-state index contributed by atoms with van der Waals surface area (Å²) in [7, 11) is 1.55. The summed E-state index contributed by atoms with van der Waals surface area (Å²) in [4.78, 5) is 23.2. The quantitative estimate of drug-likeness (QED) is 0.745. The van der Waals surface area contributed by atoms with Gasteiger partial charge in [0, 0.05) is 23.8 Å². The van der Waals surface area contributed by atoms with Crippen molar-refractivity contribution in [1.82, 2.24) is 5.32 Å². The largest absolute Gasteiger partial charge is 0.480 e. The van der Waals surface area contributed by atoms with Gasteiger partial charge in [-0.2, -0.15) is 0 Å². The van der Waals surface area contributed by atoms with Gasteiger partial charge in [-0.3, -0.25) is 4.79 Å². The number of methoxy groups -OCH3 is 1. The SMILES string of the molecule is COCCCC(NC(=O)c1cc(C)cc(Br)c1)C(=O)O. The number of carbonyl (C=O) groups is 2. The van der Waals surface area contributed by atoms with Crippen LogP contribution in [0.5, 0.6) is 0 Å². The molecule has 2 N–H and O–H groups in total. The van der Waals surface area contributed by atoms with Crippen LogP contribution in [0.15, 0.2) is 22.7 Å². The fourth-order valence-corrected chi connectivity index (χ4v) is 2.41. The van der Waals surface area contributed by atoms with Gasteiger partial charge in [-0.1, -0.05) is 15.9 Å². The highest BCUT2D eigenvalue weighted by atomic mass is 79.9. The Morgan fingerprint density at radius 1 is 1.40 bits per heavy atom. The molecule has 0 bridgehead atoms. The number of ether oxygens (including phenoxy) is 1. The number of benzene rings is 1. The third-order valence-corrected chi connectivity index (χ3v) is 3.21. The molecule has 20 heavy (non-hydrogen) atoms. The van der Waals surface area contributed by atoms with Crippen LogP contribution in [-0.4, -0.2) is 36.7 Å². The Bertz CT molecular complexity index is 470. The number of amides is 1. The van der Waals surface area contributed by atoms with Crippen molar-refractivity contribution in [2.45, 2.75) is 25.8 Å². The van der Waals surface area contributed by atoms with Gasteiger partial charge in [0.2, 0.25) is 0 Å². The number of hydrogen-bond donors (Lipinski definition) is 2. The van der Waals surface area contributed by atoms with E-state index in [1.165, 1.54) is 0 Å². The summed E-state index contributed by atoms with van der Waals surface area (Å²) in [5.41, 5.74) is 1.37. The number of carboxylic acid groups (broad SMARTS) is 1. The van der Waals surface area contributed by atoms with Crippen LogP contribution < -0.4 is 5.32 Å². The number of carboxylic acids is 1. The summed E-state index contributed by atoms with van der Waals surface area (Å²) in [6.45, 7) is 2.34. The lowest BCUT2D eigenvalue weighted by atomic mass is 10.1. The molecule has 0 aromatic heterocycles. The average molecular weight is 344 g/mol. The Balaban J connectivity index is 2.72. The van der Waals surface area contributed by atoms with Gasteiger partial charge >= 0.3 is 5.97 Å². The molecule has 0 heterocycles. The fourth-order valence-electron chi connectivity index (χ4n) is 1.80. The zero-order valence-corrected chi connectivity index (χ0v) is 13.1. The van der Waals surface area contributed by atoms with Gasteiger partial charge in [0.05, 0.1) is 0 Å². The summed E-state index contributed by atoms with van der Waals surface area (Å²) >= 11 is 3.31. The highest BCUT2D eigenvalue weighted by Gasteiger charge is 2.20. The lowest BCUT2D eigenvalue weighted by Crippen LogP contribution is -2.40. The van der Waals surface area contributed by atoms with Crippen LogP contribution in [-0.2, 0) is 9.53 Å². The van der Waals surface area contributed by atoms with Gasteiger partial charge in [0.15, 0.2) is 0 Å². The summed E-state index contributed by atoms with van der Waals surface area (Å²) in [6.07, 6.45) is 0.910. The summed E-state index contributed by atoms with van der Waals surface area (Å²) in [5.74, 6) is -1.43. The Morgan fingerprint density at radius 2 is 2.10 bits per heavy atom. The molecule has 0 aliphatic rings. The second kappa shape index (κ2) is 8.01. The summed E-state index contributed by atoms with van der Waals surface area (Å²) in [6, 6.07) is 4.35. The van der Waals surface area contributed by atoms with Gasteiger partial charge in [0.25, 0.3) is 5.91 Å². The molecule has 1 amide bonds. The van der Waals surface area contributed by atoms with Crippen LogP contribution >= 0.6 is 15.9 Å². The monoisotopic (exact) mass is 343 g/mol. The molecule has 1 unspecified atom stereocenters. The van der Waals surface area contributed by atoms with Crippen molar-refractivity contribution in [3.05, 3.63) is 33.8 Å². The topological polar surface area (TPSA) is 75.6 Å². The Morgan fingerprint density at radius 3 is 2.65 bits per heavy atom. The van der Waals surface area contributed by atoms with E-state index in [2.05, 4.69) is 21.2 Å². The van der Waals surface area contributed by atoms with E-state index < -0.39 is 12.0 Å². The van der Waals surface area contributed by atoms with Gasteiger partial charge in [0.1, 0.15) is 6.04 Å². The number of aliphatic carboxylic acids is 1. The van der Waals surface area contributed by atoms with E-state index in [1.807, 2.05) is 13.0 Å². The molecule has 1 aromatic rings. The predicted octanol–water partition coefficient (Wildman–Crippen LogP) is 2.37. The minimum Gasteiger partial charge on any atom is -0.480 e. The first kappa shape index (κ1) is 16.7. The first-order chi connectivity index (χ1) is 9.43. The molecule has 1 rings (SSSR count). The van der Waals surface area contributed by atoms with Crippen molar-refractivity contribution in [1.29, 1.82) is 0 Å². The zero-order valence-electron chi connectivity index (χ0n) is 11.5. The second-order valence-corrected chi connectivity index (χ2v) is 5.43. The molecule has 0 saturated carbocycles. The number of aryl methyl sites for hydroxylation is 1. The fraction of sp³-hybridized carbons (Fsp3) is 0.429. The molecule has 110 valence electrons. The molecule has 1 atom stereocenters. The van der Waals surface area contributed by atoms with Crippen LogP contribution in [0.25, 0.3) is 0 Å². The summed E-state index contributed by atoms with van der Waals surface area (Å²) in [5, 5.41) is 11.6. The number of hydrogen-bond acceptors (Lipinski definition) is 3. The molecular weight excluding hydrogens is 326 g/mol. The Hall–Kier alpha value is -1.40. The highest BCUT2D eigenvalue weighted by molar-refractivity contribution is 9.10.